The molecular formula is C29H31BrClN5O5S. The maximum absolute atomic E-state index is 14.1. The summed E-state index contributed by atoms with van der Waals surface area (Å²) >= 11 is 10.6. The summed E-state index contributed by atoms with van der Waals surface area (Å²) in [4.78, 5) is 40.1. The van der Waals surface area contributed by atoms with Crippen LogP contribution < -0.4 is 15.4 Å². The molecular weight excluding hydrogens is 646 g/mol. The van der Waals surface area contributed by atoms with E-state index in [9.17, 15) is 14.4 Å². The van der Waals surface area contributed by atoms with Gasteiger partial charge in [-0.25, -0.2) is 4.79 Å². The van der Waals surface area contributed by atoms with Gasteiger partial charge >= 0.3 is 6.09 Å². The predicted molar refractivity (Wildman–Crippen MR) is 169 cm³/mol. The van der Waals surface area contributed by atoms with Gasteiger partial charge in [-0.2, -0.15) is 4.37 Å². The first-order chi connectivity index (χ1) is 19.8. The highest BCUT2D eigenvalue weighted by molar-refractivity contribution is 9.09. The quantitative estimate of drug-likeness (QED) is 0.0992. The van der Waals surface area contributed by atoms with Gasteiger partial charge in [0.1, 0.15) is 18.0 Å². The van der Waals surface area contributed by atoms with E-state index in [0.717, 1.165) is 16.4 Å². The summed E-state index contributed by atoms with van der Waals surface area (Å²) in [6, 6.07) is 12.0. The Bertz CT molecular complexity index is 1490. The van der Waals surface area contributed by atoms with Crippen molar-refractivity contribution >= 4 is 68.6 Å². The van der Waals surface area contributed by atoms with Gasteiger partial charge in [0.2, 0.25) is 11.9 Å². The lowest BCUT2D eigenvalue weighted by Gasteiger charge is -2.26. The number of carbonyl (C=O) groups is 3. The monoisotopic (exact) mass is 675 g/mol. The molecule has 222 valence electrons. The number of nitrogens with one attached hydrogen (secondary N) is 3. The number of hydrogen-bond acceptors (Lipinski definition) is 8. The summed E-state index contributed by atoms with van der Waals surface area (Å²) in [6.45, 7) is 10.7. The van der Waals surface area contributed by atoms with E-state index < -0.39 is 23.6 Å². The fraction of sp³-hybridized carbons (Fsp3) is 0.276. The van der Waals surface area contributed by atoms with Gasteiger partial charge in [-0.15, -0.1) is 0 Å². The van der Waals surface area contributed by atoms with Crippen LogP contribution in [0.3, 0.4) is 0 Å². The molecule has 3 amide bonds. The molecule has 10 nitrogen and oxygen atoms in total. The van der Waals surface area contributed by atoms with Crippen LogP contribution in [0.25, 0.3) is 11.3 Å². The molecule has 3 N–H and O–H groups in total. The van der Waals surface area contributed by atoms with E-state index >= 15 is 0 Å². The van der Waals surface area contributed by atoms with Gasteiger partial charge in [0, 0.05) is 10.4 Å². The first-order valence-electron chi connectivity index (χ1n) is 12.7. The Morgan fingerprint density at radius 2 is 1.88 bits per heavy atom. The highest BCUT2D eigenvalue weighted by atomic mass is 79.9. The Morgan fingerprint density at radius 1 is 1.19 bits per heavy atom. The molecule has 0 bridgehead atoms. The molecule has 0 aliphatic heterocycles. The van der Waals surface area contributed by atoms with Crippen LogP contribution in [0.1, 0.15) is 41.6 Å². The number of amides is 3. The molecule has 0 aliphatic rings. The third-order valence-electron chi connectivity index (χ3n) is 5.48. The third-order valence-corrected chi connectivity index (χ3v) is 7.05. The molecule has 0 radical (unpaired) electrons. The zero-order valence-corrected chi connectivity index (χ0v) is 26.7. The highest BCUT2D eigenvalue weighted by Crippen LogP contribution is 2.31. The van der Waals surface area contributed by atoms with E-state index in [4.69, 9.17) is 26.5 Å². The van der Waals surface area contributed by atoms with Crippen molar-refractivity contribution in [1.29, 1.82) is 5.41 Å². The SMILES string of the molecule is C=CCOc1ccc(-c2nsc(C)c2C(=O)N(Cc2ccc(NC(=O)CBr)c(Cl)c2)C(=N)NC(=O)OC(C)(C)C)cc1. The Labute approximate surface area is 261 Å². The van der Waals surface area contributed by atoms with Crippen molar-refractivity contribution in [2.75, 3.05) is 17.3 Å². The predicted octanol–water partition coefficient (Wildman–Crippen LogP) is 6.77. The van der Waals surface area contributed by atoms with Crippen LogP contribution in [0.5, 0.6) is 5.75 Å². The first-order valence-corrected chi connectivity index (χ1v) is 14.9. The zero-order chi connectivity index (χ0) is 31.0. The summed E-state index contributed by atoms with van der Waals surface area (Å²) in [5.74, 6) is -0.696. The van der Waals surface area contributed by atoms with Crippen LogP contribution in [0.2, 0.25) is 5.02 Å². The number of guanidine groups is 1. The minimum absolute atomic E-state index is 0.0990. The summed E-state index contributed by atoms with van der Waals surface area (Å²) < 4.78 is 15.4. The molecule has 0 aliphatic carbocycles. The van der Waals surface area contributed by atoms with Crippen LogP contribution in [-0.2, 0) is 16.1 Å². The fourth-order valence-corrected chi connectivity index (χ4v) is 4.76. The van der Waals surface area contributed by atoms with Gasteiger partial charge in [-0.05, 0) is 81.2 Å². The van der Waals surface area contributed by atoms with Gasteiger partial charge in [-0.1, -0.05) is 46.3 Å². The molecule has 42 heavy (non-hydrogen) atoms. The summed E-state index contributed by atoms with van der Waals surface area (Å²) in [5, 5.41) is 14.0. The number of ether oxygens (including phenoxy) is 2. The fourth-order valence-electron chi connectivity index (χ4n) is 3.66. The molecule has 0 spiro atoms. The van der Waals surface area contributed by atoms with E-state index in [1.165, 1.54) is 0 Å². The summed E-state index contributed by atoms with van der Waals surface area (Å²) in [6.07, 6.45) is 0.760. The zero-order valence-electron chi connectivity index (χ0n) is 23.5. The van der Waals surface area contributed by atoms with Crippen molar-refractivity contribution in [3.05, 3.63) is 76.1 Å². The normalized spacial score (nSPS) is 10.9. The molecule has 13 heteroatoms. The van der Waals surface area contributed by atoms with Crippen LogP contribution >= 0.6 is 39.1 Å². The van der Waals surface area contributed by atoms with Gasteiger partial charge < -0.3 is 14.8 Å². The maximum Gasteiger partial charge on any atom is 0.414 e. The number of aromatic nitrogens is 1. The van der Waals surface area contributed by atoms with E-state index in [1.807, 2.05) is 0 Å². The average molecular weight is 677 g/mol. The van der Waals surface area contributed by atoms with Gasteiger partial charge in [0.05, 0.1) is 33.8 Å². The molecule has 3 rings (SSSR count). The molecule has 1 aromatic heterocycles. The minimum Gasteiger partial charge on any atom is -0.490 e. The number of benzene rings is 2. The average Bonchev–Trinajstić information content (AvgIpc) is 3.31. The van der Waals surface area contributed by atoms with E-state index in [1.54, 1.807) is 76.2 Å². The number of carbonyl (C=O) groups excluding carboxylic acids is 3. The molecule has 1 heterocycles. The molecule has 0 saturated heterocycles. The van der Waals surface area contributed by atoms with Gasteiger partial charge in [0.25, 0.3) is 5.91 Å². The van der Waals surface area contributed by atoms with Crippen LogP contribution in [0.4, 0.5) is 10.5 Å². The largest absolute Gasteiger partial charge is 0.490 e. The number of hydrogen-bond donors (Lipinski definition) is 3. The number of rotatable bonds is 9. The Balaban J connectivity index is 1.97. The van der Waals surface area contributed by atoms with Crippen molar-refractivity contribution in [3.8, 4) is 17.0 Å². The number of halogens is 2. The lowest BCUT2D eigenvalue weighted by Crippen LogP contribution is -2.47. The number of anilines is 1. The molecule has 0 fully saturated rings. The summed E-state index contributed by atoms with van der Waals surface area (Å²) in [7, 11) is 0. The molecule has 0 unspecified atom stereocenters. The number of aryl methyl sites for hydroxylation is 1. The Hall–Kier alpha value is -3.74. The second-order valence-corrected chi connectivity index (χ2v) is 11.9. The van der Waals surface area contributed by atoms with Gasteiger partial charge in [0.15, 0.2) is 0 Å². The second-order valence-electron chi connectivity index (χ2n) is 9.95. The van der Waals surface area contributed by atoms with Crippen molar-refractivity contribution in [2.45, 2.75) is 39.8 Å². The minimum atomic E-state index is -0.883. The number of alkyl carbamates (subject to hydrolysis) is 1. The van der Waals surface area contributed by atoms with Crippen LogP contribution in [0, 0.1) is 12.3 Å². The lowest BCUT2D eigenvalue weighted by atomic mass is 10.0. The smallest absolute Gasteiger partial charge is 0.414 e. The first kappa shape index (κ1) is 32.8. The highest BCUT2D eigenvalue weighted by Gasteiger charge is 2.29. The Kier molecular flexibility index (Phi) is 11.3. The second kappa shape index (κ2) is 14.4. The van der Waals surface area contributed by atoms with Gasteiger partial charge in [-0.3, -0.25) is 25.2 Å². The standard InChI is InChI=1S/C29H31BrClN5O5S/c1-6-13-40-20-10-8-19(9-11-20)25-24(17(2)42-35-25)26(38)36(27(32)34-28(39)41-29(3,4)5)16-18-7-12-22(21(31)14-18)33-23(37)15-30/h6-12,14H,1,13,15-16H2,2-5H3,(H,33,37)(H2,32,34,39). The Morgan fingerprint density at radius 3 is 2.48 bits per heavy atom. The molecule has 0 saturated carbocycles. The van der Waals surface area contributed by atoms with Crippen molar-refractivity contribution in [2.24, 2.45) is 0 Å². The molecule has 3 aromatic rings. The van der Waals surface area contributed by atoms with Crippen LogP contribution in [-0.4, -0.2) is 50.7 Å². The summed E-state index contributed by atoms with van der Waals surface area (Å²) in [5.41, 5.74) is 1.51. The molecule has 2 aromatic carbocycles. The van der Waals surface area contributed by atoms with Crippen LogP contribution in [0.15, 0.2) is 55.1 Å². The van der Waals surface area contributed by atoms with Crippen molar-refractivity contribution in [1.82, 2.24) is 14.6 Å². The lowest BCUT2D eigenvalue weighted by molar-refractivity contribution is -0.113. The van der Waals surface area contributed by atoms with E-state index in [-0.39, 0.29) is 28.4 Å². The van der Waals surface area contributed by atoms with Crippen molar-refractivity contribution in [3.63, 3.8) is 0 Å². The number of nitrogens with zero attached hydrogens (tertiary/aromatic N) is 2. The maximum atomic E-state index is 14.1. The van der Waals surface area contributed by atoms with Crippen molar-refractivity contribution < 1.29 is 23.9 Å². The molecule has 0 atom stereocenters. The third kappa shape index (κ3) is 8.88. The number of alkyl halides is 1. The van der Waals surface area contributed by atoms with E-state index in [0.29, 0.717) is 39.7 Å². The van der Waals surface area contributed by atoms with E-state index in [2.05, 4.69) is 37.5 Å². The topological polar surface area (TPSA) is 134 Å².